The smallest absolute Gasteiger partial charge is 0.303 e. The van der Waals surface area contributed by atoms with E-state index < -0.39 is 8.32 Å². The molecule has 1 saturated carbocycles. The Morgan fingerprint density at radius 3 is 2.05 bits per heavy atom. The number of carbonyl (C=O) groups excluding carboxylic acids is 1. The second kappa shape index (κ2) is 13.5. The molecule has 218 valence electrons. The van der Waals surface area contributed by atoms with E-state index >= 15 is 0 Å². The molecule has 4 heteroatoms. The van der Waals surface area contributed by atoms with Gasteiger partial charge in [0.05, 0.1) is 0 Å². The second-order valence-corrected chi connectivity index (χ2v) is 17.8. The van der Waals surface area contributed by atoms with E-state index in [0.717, 1.165) is 32.1 Å². The monoisotopic (exact) mass is 560 g/mol. The summed E-state index contributed by atoms with van der Waals surface area (Å²) >= 11 is 0. The maximum atomic E-state index is 11.8. The van der Waals surface area contributed by atoms with E-state index in [1.165, 1.54) is 30.1 Å². The number of benzene rings is 2. The van der Waals surface area contributed by atoms with E-state index in [9.17, 15) is 4.79 Å². The van der Waals surface area contributed by atoms with E-state index in [0.29, 0.717) is 12.5 Å². The maximum absolute atomic E-state index is 11.8. The zero-order valence-corrected chi connectivity index (χ0v) is 27.3. The molecule has 0 N–H and O–H groups in total. The first kappa shape index (κ1) is 32.2. The molecule has 2 aromatic carbocycles. The standard InChI is InChI=1S/C36H52O3Si/c1-9-10-11-14-19-31(39-29(2)37)25-27-36(8)26-24-30(35(36,6)7)28-38-40(34(3,4)5,32-20-15-12-16-21-32)33-22-17-13-18-23-33/h12-13,15-18,20-23,30-31H,9-11,14,19,24,26,28H2,1-8H3/t30-,31-,36+/m1/s1. The zero-order valence-electron chi connectivity index (χ0n) is 26.3. The summed E-state index contributed by atoms with van der Waals surface area (Å²) < 4.78 is 13.0. The molecule has 0 saturated heterocycles. The lowest BCUT2D eigenvalue weighted by atomic mass is 9.66. The molecule has 3 atom stereocenters. The fraction of sp³-hybridized carbons (Fsp3) is 0.583. The first-order valence-corrected chi connectivity index (χ1v) is 17.2. The van der Waals surface area contributed by atoms with Crippen LogP contribution in [-0.2, 0) is 14.0 Å². The SMILES string of the molecule is CCCCCC[C@H](C#C[C@]1(C)CC[C@H](CO[Si](c2ccccc2)(c2ccccc2)C(C)(C)C)C1(C)C)OC(C)=O. The molecule has 0 aromatic heterocycles. The molecule has 0 heterocycles. The Kier molecular flexibility index (Phi) is 10.9. The largest absolute Gasteiger partial charge is 0.449 e. The highest BCUT2D eigenvalue weighted by atomic mass is 28.4. The number of hydrogen-bond donors (Lipinski definition) is 0. The Balaban J connectivity index is 1.87. The minimum absolute atomic E-state index is 0.0451. The van der Waals surface area contributed by atoms with Crippen LogP contribution in [0.4, 0.5) is 0 Å². The zero-order chi connectivity index (χ0) is 29.4. The van der Waals surface area contributed by atoms with Crippen molar-refractivity contribution >= 4 is 24.7 Å². The van der Waals surface area contributed by atoms with Gasteiger partial charge in [-0.1, -0.05) is 133 Å². The highest BCUT2D eigenvalue weighted by molar-refractivity contribution is 6.99. The lowest BCUT2D eigenvalue weighted by molar-refractivity contribution is -0.144. The molecule has 1 fully saturated rings. The molecule has 1 aliphatic carbocycles. The summed E-state index contributed by atoms with van der Waals surface area (Å²) in [4.78, 5) is 11.8. The van der Waals surface area contributed by atoms with Gasteiger partial charge in [0.15, 0.2) is 6.10 Å². The Bertz CT molecular complexity index is 1100. The predicted octanol–water partition coefficient (Wildman–Crippen LogP) is 7.91. The molecule has 0 bridgehead atoms. The fourth-order valence-electron chi connectivity index (χ4n) is 6.46. The van der Waals surface area contributed by atoms with Crippen LogP contribution in [0.5, 0.6) is 0 Å². The fourth-order valence-corrected chi connectivity index (χ4v) is 11.1. The Labute approximate surface area is 245 Å². The molecule has 2 aromatic rings. The lowest BCUT2D eigenvalue weighted by Gasteiger charge is -2.45. The van der Waals surface area contributed by atoms with Crippen molar-refractivity contribution in [3.8, 4) is 11.8 Å². The average Bonchev–Trinajstić information content (AvgIpc) is 3.13. The van der Waals surface area contributed by atoms with Crippen LogP contribution in [0.25, 0.3) is 0 Å². The van der Waals surface area contributed by atoms with Gasteiger partial charge in [0, 0.05) is 18.9 Å². The van der Waals surface area contributed by atoms with Crippen LogP contribution >= 0.6 is 0 Å². The average molecular weight is 561 g/mol. The van der Waals surface area contributed by atoms with Crippen LogP contribution in [-0.4, -0.2) is 27.0 Å². The molecular formula is C36H52O3Si. The molecule has 40 heavy (non-hydrogen) atoms. The van der Waals surface area contributed by atoms with Gasteiger partial charge in [0.2, 0.25) is 0 Å². The molecule has 0 spiro atoms. The highest BCUT2D eigenvalue weighted by Crippen LogP contribution is 2.56. The van der Waals surface area contributed by atoms with Crippen LogP contribution in [0.3, 0.4) is 0 Å². The summed E-state index contributed by atoms with van der Waals surface area (Å²) in [6.45, 7) is 18.4. The summed E-state index contributed by atoms with van der Waals surface area (Å²) in [6.07, 6.45) is 7.16. The van der Waals surface area contributed by atoms with Crippen LogP contribution in [0.2, 0.25) is 5.04 Å². The van der Waals surface area contributed by atoms with E-state index in [1.54, 1.807) is 0 Å². The van der Waals surface area contributed by atoms with E-state index in [-0.39, 0.29) is 27.9 Å². The highest BCUT2D eigenvalue weighted by Gasteiger charge is 2.54. The summed E-state index contributed by atoms with van der Waals surface area (Å²) in [5.41, 5.74) is -0.220. The van der Waals surface area contributed by atoms with Crippen molar-refractivity contribution < 1.29 is 14.0 Å². The van der Waals surface area contributed by atoms with Gasteiger partial charge in [-0.05, 0) is 59.4 Å². The number of carbonyl (C=O) groups is 1. The molecule has 3 nitrogen and oxygen atoms in total. The number of hydrogen-bond acceptors (Lipinski definition) is 3. The minimum atomic E-state index is -2.60. The molecule has 0 amide bonds. The van der Waals surface area contributed by atoms with Crippen molar-refractivity contribution in [3.63, 3.8) is 0 Å². The van der Waals surface area contributed by atoms with Crippen LogP contribution in [0.15, 0.2) is 60.7 Å². The van der Waals surface area contributed by atoms with Crippen molar-refractivity contribution in [2.75, 3.05) is 6.61 Å². The van der Waals surface area contributed by atoms with E-state index in [4.69, 9.17) is 9.16 Å². The molecule has 1 aliphatic rings. The lowest BCUT2D eigenvalue weighted by Crippen LogP contribution is -2.67. The summed E-state index contributed by atoms with van der Waals surface area (Å²) in [6, 6.07) is 21.8. The third-order valence-electron chi connectivity index (χ3n) is 9.49. The van der Waals surface area contributed by atoms with Gasteiger partial charge in [0.25, 0.3) is 8.32 Å². The summed E-state index contributed by atoms with van der Waals surface area (Å²) in [7, 11) is -2.60. The van der Waals surface area contributed by atoms with Crippen molar-refractivity contribution in [1.29, 1.82) is 0 Å². The number of esters is 1. The van der Waals surface area contributed by atoms with Crippen molar-refractivity contribution in [1.82, 2.24) is 0 Å². The van der Waals surface area contributed by atoms with E-state index in [2.05, 4.69) is 121 Å². The molecular weight excluding hydrogens is 508 g/mol. The Morgan fingerprint density at radius 1 is 0.975 bits per heavy atom. The normalized spacial score (nSPS) is 21.4. The van der Waals surface area contributed by atoms with Gasteiger partial charge in [-0.3, -0.25) is 4.79 Å². The first-order chi connectivity index (χ1) is 18.9. The van der Waals surface area contributed by atoms with Gasteiger partial charge in [-0.15, -0.1) is 0 Å². The van der Waals surface area contributed by atoms with Crippen LogP contribution in [0, 0.1) is 28.6 Å². The molecule has 0 radical (unpaired) electrons. The number of unbranched alkanes of at least 4 members (excludes halogenated alkanes) is 3. The second-order valence-electron chi connectivity index (χ2n) is 13.5. The van der Waals surface area contributed by atoms with Crippen molar-refractivity contribution in [2.45, 2.75) is 111 Å². The Hall–Kier alpha value is -2.35. The topological polar surface area (TPSA) is 35.5 Å². The Morgan fingerprint density at radius 2 is 1.55 bits per heavy atom. The third-order valence-corrected chi connectivity index (χ3v) is 14.5. The van der Waals surface area contributed by atoms with Gasteiger partial charge in [-0.2, -0.15) is 0 Å². The van der Waals surface area contributed by atoms with Gasteiger partial charge >= 0.3 is 5.97 Å². The van der Waals surface area contributed by atoms with Gasteiger partial charge in [0.1, 0.15) is 0 Å². The summed E-state index contributed by atoms with van der Waals surface area (Å²) in [5, 5.41) is 2.59. The number of rotatable bonds is 11. The van der Waals surface area contributed by atoms with Crippen LogP contribution < -0.4 is 10.4 Å². The molecule has 0 aliphatic heterocycles. The van der Waals surface area contributed by atoms with Gasteiger partial charge < -0.3 is 9.16 Å². The minimum Gasteiger partial charge on any atom is -0.449 e. The summed E-state index contributed by atoms with van der Waals surface area (Å²) in [5.74, 6) is 7.19. The quantitative estimate of drug-likeness (QED) is 0.121. The first-order valence-electron chi connectivity index (χ1n) is 15.3. The number of ether oxygens (including phenoxy) is 1. The predicted molar refractivity (Wildman–Crippen MR) is 170 cm³/mol. The van der Waals surface area contributed by atoms with Crippen molar-refractivity contribution in [2.24, 2.45) is 16.7 Å². The van der Waals surface area contributed by atoms with Crippen LogP contribution in [0.1, 0.15) is 100 Å². The van der Waals surface area contributed by atoms with Crippen molar-refractivity contribution in [3.05, 3.63) is 60.7 Å². The maximum Gasteiger partial charge on any atom is 0.303 e. The van der Waals surface area contributed by atoms with Gasteiger partial charge in [-0.25, -0.2) is 0 Å². The molecule has 3 rings (SSSR count). The molecule has 0 unspecified atom stereocenters. The third kappa shape index (κ3) is 7.10. The van der Waals surface area contributed by atoms with E-state index in [1.807, 2.05) is 0 Å².